The molecule has 132 valence electrons. The summed E-state index contributed by atoms with van der Waals surface area (Å²) in [6, 6.07) is 18.1. The van der Waals surface area contributed by atoms with E-state index in [1.165, 1.54) is 5.56 Å². The molecule has 25 heavy (non-hydrogen) atoms. The van der Waals surface area contributed by atoms with Gasteiger partial charge in [-0.2, -0.15) is 0 Å². The Kier molecular flexibility index (Phi) is 5.68. The fraction of sp³-hybridized carbons (Fsp3) is 0.350. The Labute approximate surface area is 149 Å². The van der Waals surface area contributed by atoms with E-state index in [1.54, 1.807) is 0 Å². The number of ether oxygens (including phenoxy) is 1. The molecule has 2 aromatic carbocycles. The van der Waals surface area contributed by atoms with Crippen molar-refractivity contribution < 1.29 is 9.53 Å². The van der Waals surface area contributed by atoms with E-state index in [0.29, 0.717) is 13.2 Å². The minimum absolute atomic E-state index is 0.104. The number of hydrogen-bond donors (Lipinski definition) is 2. The van der Waals surface area contributed by atoms with E-state index in [1.807, 2.05) is 49.5 Å². The van der Waals surface area contributed by atoms with Gasteiger partial charge in [0.2, 0.25) is 0 Å². The third-order valence-corrected chi connectivity index (χ3v) is 4.42. The van der Waals surface area contributed by atoms with Crippen LogP contribution in [0.1, 0.15) is 18.5 Å². The van der Waals surface area contributed by atoms with Crippen LogP contribution in [0.5, 0.6) is 0 Å². The predicted octanol–water partition coefficient (Wildman–Crippen LogP) is 3.13. The standard InChI is InChI=1S/C20H25N3O2/c1-15(16-8-4-3-5-9-16)21-17-10-6-7-11-18(17)22-20(24)19-14-23(2)12-13-25-19/h3-11,15,19,21H,12-14H2,1-2H3,(H,22,24)/t15-,19-/m0/s1. The van der Waals surface area contributed by atoms with Gasteiger partial charge in [0, 0.05) is 19.1 Å². The molecule has 0 bridgehead atoms. The Balaban J connectivity index is 1.69. The smallest absolute Gasteiger partial charge is 0.254 e. The van der Waals surface area contributed by atoms with Crippen LogP contribution in [0.2, 0.25) is 0 Å². The summed E-state index contributed by atoms with van der Waals surface area (Å²) in [5.41, 5.74) is 2.87. The molecule has 0 spiro atoms. The monoisotopic (exact) mass is 339 g/mol. The van der Waals surface area contributed by atoms with Crippen molar-refractivity contribution in [3.63, 3.8) is 0 Å². The highest BCUT2D eigenvalue weighted by Gasteiger charge is 2.25. The summed E-state index contributed by atoms with van der Waals surface area (Å²) in [5, 5.41) is 6.48. The van der Waals surface area contributed by atoms with Gasteiger partial charge in [-0.25, -0.2) is 0 Å². The zero-order chi connectivity index (χ0) is 17.6. The summed E-state index contributed by atoms with van der Waals surface area (Å²) in [4.78, 5) is 14.6. The van der Waals surface area contributed by atoms with Gasteiger partial charge in [0.25, 0.3) is 5.91 Å². The van der Waals surface area contributed by atoms with E-state index in [9.17, 15) is 4.79 Å². The quantitative estimate of drug-likeness (QED) is 0.879. The molecule has 1 fully saturated rings. The number of nitrogens with one attached hydrogen (secondary N) is 2. The van der Waals surface area contributed by atoms with Gasteiger partial charge in [-0.3, -0.25) is 4.79 Å². The van der Waals surface area contributed by atoms with Gasteiger partial charge < -0.3 is 20.3 Å². The van der Waals surface area contributed by atoms with Crippen LogP contribution >= 0.6 is 0 Å². The maximum atomic E-state index is 12.5. The van der Waals surface area contributed by atoms with Crippen LogP contribution in [0.3, 0.4) is 0 Å². The molecule has 1 aliphatic rings. The minimum Gasteiger partial charge on any atom is -0.377 e. The summed E-state index contributed by atoms with van der Waals surface area (Å²) in [5.74, 6) is -0.104. The van der Waals surface area contributed by atoms with Crippen molar-refractivity contribution >= 4 is 17.3 Å². The van der Waals surface area contributed by atoms with Crippen LogP contribution in [0.25, 0.3) is 0 Å². The normalized spacial score (nSPS) is 19.2. The average Bonchev–Trinajstić information content (AvgIpc) is 2.64. The van der Waals surface area contributed by atoms with Crippen LogP contribution < -0.4 is 10.6 Å². The molecule has 0 aliphatic carbocycles. The molecular weight excluding hydrogens is 314 g/mol. The van der Waals surface area contributed by atoms with Gasteiger partial charge in [0.15, 0.2) is 0 Å². The number of amides is 1. The van der Waals surface area contributed by atoms with Crippen molar-refractivity contribution in [2.45, 2.75) is 19.1 Å². The second-order valence-electron chi connectivity index (χ2n) is 6.43. The highest BCUT2D eigenvalue weighted by Crippen LogP contribution is 2.26. The van der Waals surface area contributed by atoms with Gasteiger partial charge in [-0.15, -0.1) is 0 Å². The third kappa shape index (κ3) is 4.59. The number of carbonyl (C=O) groups is 1. The Hall–Kier alpha value is -2.37. The molecule has 2 aromatic rings. The second-order valence-corrected chi connectivity index (χ2v) is 6.43. The van der Waals surface area contributed by atoms with Gasteiger partial charge >= 0.3 is 0 Å². The number of hydrogen-bond acceptors (Lipinski definition) is 4. The van der Waals surface area contributed by atoms with E-state index < -0.39 is 6.10 Å². The van der Waals surface area contributed by atoms with Gasteiger partial charge in [0.1, 0.15) is 6.10 Å². The molecule has 5 nitrogen and oxygen atoms in total. The van der Waals surface area contributed by atoms with Crippen LogP contribution in [-0.2, 0) is 9.53 Å². The SMILES string of the molecule is C[C@H](Nc1ccccc1NC(=O)[C@@H]1CN(C)CCO1)c1ccccc1. The van der Waals surface area contributed by atoms with Gasteiger partial charge in [-0.05, 0) is 31.7 Å². The van der Waals surface area contributed by atoms with Crippen LogP contribution in [0, 0.1) is 0 Å². The number of nitrogens with zero attached hydrogens (tertiary/aromatic N) is 1. The Morgan fingerprint density at radius 1 is 1.12 bits per heavy atom. The van der Waals surface area contributed by atoms with Crippen molar-refractivity contribution in [2.75, 3.05) is 37.4 Å². The molecule has 0 aromatic heterocycles. The summed E-state index contributed by atoms with van der Waals surface area (Å²) < 4.78 is 5.60. The lowest BCUT2D eigenvalue weighted by atomic mass is 10.1. The van der Waals surface area contributed by atoms with Crippen LogP contribution in [0.4, 0.5) is 11.4 Å². The first kappa shape index (κ1) is 17.5. The molecule has 0 radical (unpaired) electrons. The molecule has 1 amide bonds. The third-order valence-electron chi connectivity index (χ3n) is 4.42. The number of carbonyl (C=O) groups excluding carboxylic acids is 1. The molecule has 1 aliphatic heterocycles. The number of para-hydroxylation sites is 2. The topological polar surface area (TPSA) is 53.6 Å². The minimum atomic E-state index is -0.432. The molecule has 0 unspecified atom stereocenters. The molecule has 1 saturated heterocycles. The highest BCUT2D eigenvalue weighted by molar-refractivity contribution is 5.97. The second kappa shape index (κ2) is 8.14. The van der Waals surface area contributed by atoms with E-state index in [4.69, 9.17) is 4.74 Å². The summed E-state index contributed by atoms with van der Waals surface area (Å²) in [6.45, 7) is 4.16. The molecule has 1 heterocycles. The Bertz CT molecular complexity index is 705. The Morgan fingerprint density at radius 2 is 1.80 bits per heavy atom. The fourth-order valence-electron chi connectivity index (χ4n) is 2.93. The number of benzene rings is 2. The van der Waals surface area contributed by atoms with Crippen LogP contribution in [-0.4, -0.2) is 43.7 Å². The number of likely N-dealkylation sites (N-methyl/N-ethyl adjacent to an activating group) is 1. The van der Waals surface area contributed by atoms with Gasteiger partial charge in [-0.1, -0.05) is 42.5 Å². The van der Waals surface area contributed by atoms with Crippen molar-refractivity contribution in [3.8, 4) is 0 Å². The fourth-order valence-corrected chi connectivity index (χ4v) is 2.93. The summed E-state index contributed by atoms with van der Waals surface area (Å²) >= 11 is 0. The van der Waals surface area contributed by atoms with E-state index >= 15 is 0 Å². The van der Waals surface area contributed by atoms with Crippen molar-refractivity contribution in [2.24, 2.45) is 0 Å². The lowest BCUT2D eigenvalue weighted by molar-refractivity contribution is -0.132. The lowest BCUT2D eigenvalue weighted by Gasteiger charge is -2.29. The zero-order valence-electron chi connectivity index (χ0n) is 14.7. The average molecular weight is 339 g/mol. The van der Waals surface area contributed by atoms with Gasteiger partial charge in [0.05, 0.1) is 18.0 Å². The highest BCUT2D eigenvalue weighted by atomic mass is 16.5. The molecule has 2 N–H and O–H groups in total. The zero-order valence-corrected chi connectivity index (χ0v) is 14.7. The summed E-state index contributed by atoms with van der Waals surface area (Å²) in [6.07, 6.45) is -0.432. The predicted molar refractivity (Wildman–Crippen MR) is 101 cm³/mol. The Morgan fingerprint density at radius 3 is 2.52 bits per heavy atom. The van der Waals surface area contributed by atoms with Crippen LogP contribution in [0.15, 0.2) is 54.6 Å². The lowest BCUT2D eigenvalue weighted by Crippen LogP contribution is -2.46. The van der Waals surface area contributed by atoms with E-state index in [0.717, 1.165) is 17.9 Å². The summed E-state index contributed by atoms with van der Waals surface area (Å²) in [7, 11) is 2.00. The maximum Gasteiger partial charge on any atom is 0.254 e. The molecule has 2 atom stereocenters. The number of morpholine rings is 1. The van der Waals surface area contributed by atoms with Crippen molar-refractivity contribution in [1.82, 2.24) is 4.90 Å². The van der Waals surface area contributed by atoms with E-state index in [2.05, 4.69) is 34.6 Å². The molecule has 0 saturated carbocycles. The van der Waals surface area contributed by atoms with E-state index in [-0.39, 0.29) is 11.9 Å². The molecular formula is C20H25N3O2. The molecule has 3 rings (SSSR count). The number of rotatable bonds is 5. The van der Waals surface area contributed by atoms with Crippen molar-refractivity contribution in [1.29, 1.82) is 0 Å². The van der Waals surface area contributed by atoms with Crippen molar-refractivity contribution in [3.05, 3.63) is 60.2 Å². The first-order valence-corrected chi connectivity index (χ1v) is 8.65. The first-order valence-electron chi connectivity index (χ1n) is 8.65. The first-order chi connectivity index (χ1) is 12.1. The molecule has 5 heteroatoms. The number of anilines is 2. The maximum absolute atomic E-state index is 12.5. The largest absolute Gasteiger partial charge is 0.377 e.